The van der Waals surface area contributed by atoms with Crippen molar-refractivity contribution in [3.63, 3.8) is 0 Å². The fourth-order valence-electron chi connectivity index (χ4n) is 3.65. The second-order valence-corrected chi connectivity index (χ2v) is 10.1. The van der Waals surface area contributed by atoms with Crippen LogP contribution >= 0.6 is 0 Å². The van der Waals surface area contributed by atoms with Crippen molar-refractivity contribution >= 4 is 30.6 Å². The fourth-order valence-corrected chi connectivity index (χ4v) is 3.65. The number of ether oxygens (including phenoxy) is 1. The molecule has 2 fully saturated rings. The summed E-state index contributed by atoms with van der Waals surface area (Å²) >= 11 is 0. The number of carbonyl (C=O) groups excluding carboxylic acids is 2. The molecule has 1 atom stereocenters. The van der Waals surface area contributed by atoms with E-state index in [1.165, 1.54) is 0 Å². The molecule has 0 unspecified atom stereocenters. The fraction of sp³-hybridized carbons (Fsp3) is 0.636. The molecule has 1 N–H and O–H groups in total. The molecule has 30 heavy (non-hydrogen) atoms. The van der Waals surface area contributed by atoms with Gasteiger partial charge in [0.25, 0.3) is 0 Å². The maximum absolute atomic E-state index is 12.0. The van der Waals surface area contributed by atoms with Crippen molar-refractivity contribution in [1.82, 2.24) is 5.32 Å². The van der Waals surface area contributed by atoms with Gasteiger partial charge < -0.3 is 24.3 Å². The van der Waals surface area contributed by atoms with E-state index in [4.69, 9.17) is 14.0 Å². The maximum Gasteiger partial charge on any atom is 0.494 e. The van der Waals surface area contributed by atoms with E-state index in [0.717, 1.165) is 30.4 Å². The SMILES string of the molecule is CC(C)(C)OC(=O)N[C@@H]1CCN(c2ccc(B3OC(C)(C)C(C)(C)O3)cc2C=O)C1. The Labute approximate surface area is 179 Å². The molecule has 2 saturated heterocycles. The van der Waals surface area contributed by atoms with Crippen LogP contribution in [0.25, 0.3) is 0 Å². The van der Waals surface area contributed by atoms with Crippen LogP contribution in [0.15, 0.2) is 18.2 Å². The lowest BCUT2D eigenvalue weighted by atomic mass is 9.78. The number of anilines is 1. The molecule has 0 radical (unpaired) electrons. The third-order valence-electron chi connectivity index (χ3n) is 5.95. The van der Waals surface area contributed by atoms with Gasteiger partial charge in [-0.05, 0) is 72.5 Å². The highest BCUT2D eigenvalue weighted by Gasteiger charge is 2.51. The summed E-state index contributed by atoms with van der Waals surface area (Å²) in [5.74, 6) is 0. The maximum atomic E-state index is 12.0. The second kappa shape index (κ2) is 7.89. The predicted molar refractivity (Wildman–Crippen MR) is 118 cm³/mol. The molecule has 1 aromatic rings. The Bertz CT molecular complexity index is 802. The zero-order valence-corrected chi connectivity index (χ0v) is 19.1. The number of hydrogen-bond donors (Lipinski definition) is 1. The molecular weight excluding hydrogens is 383 g/mol. The number of hydrogen-bond acceptors (Lipinski definition) is 6. The highest BCUT2D eigenvalue weighted by molar-refractivity contribution is 6.62. The van der Waals surface area contributed by atoms with Crippen LogP contribution in [0.1, 0.15) is 65.2 Å². The zero-order chi connectivity index (χ0) is 22.3. The molecule has 3 rings (SSSR count). The van der Waals surface area contributed by atoms with Crippen LogP contribution in [0.3, 0.4) is 0 Å². The zero-order valence-electron chi connectivity index (χ0n) is 19.1. The molecule has 8 heteroatoms. The lowest BCUT2D eigenvalue weighted by molar-refractivity contribution is 0.00578. The first-order valence-corrected chi connectivity index (χ1v) is 10.5. The first kappa shape index (κ1) is 22.6. The summed E-state index contributed by atoms with van der Waals surface area (Å²) in [7, 11) is -0.511. The van der Waals surface area contributed by atoms with E-state index in [2.05, 4.69) is 10.2 Å². The summed E-state index contributed by atoms with van der Waals surface area (Å²) < 4.78 is 17.5. The number of nitrogens with one attached hydrogen (secondary N) is 1. The number of nitrogens with zero attached hydrogens (tertiary/aromatic N) is 1. The van der Waals surface area contributed by atoms with E-state index in [1.54, 1.807) is 0 Å². The largest absolute Gasteiger partial charge is 0.494 e. The Morgan fingerprint density at radius 3 is 2.43 bits per heavy atom. The average Bonchev–Trinajstić information content (AvgIpc) is 3.14. The van der Waals surface area contributed by atoms with Crippen LogP contribution in [-0.4, -0.2) is 55.4 Å². The van der Waals surface area contributed by atoms with Crippen LogP contribution in [0.5, 0.6) is 0 Å². The van der Waals surface area contributed by atoms with E-state index in [-0.39, 0.29) is 6.04 Å². The van der Waals surface area contributed by atoms with Gasteiger partial charge in [0.2, 0.25) is 0 Å². The molecule has 1 aromatic carbocycles. The van der Waals surface area contributed by atoms with Crippen molar-refractivity contribution in [2.24, 2.45) is 0 Å². The van der Waals surface area contributed by atoms with Gasteiger partial charge in [-0.2, -0.15) is 0 Å². The van der Waals surface area contributed by atoms with Gasteiger partial charge in [0.15, 0.2) is 6.29 Å². The van der Waals surface area contributed by atoms with Gasteiger partial charge in [0, 0.05) is 24.3 Å². The summed E-state index contributed by atoms with van der Waals surface area (Å²) in [6.45, 7) is 14.9. The topological polar surface area (TPSA) is 77.1 Å². The van der Waals surface area contributed by atoms with Gasteiger partial charge >= 0.3 is 13.2 Å². The quantitative estimate of drug-likeness (QED) is 0.601. The van der Waals surface area contributed by atoms with Crippen LogP contribution < -0.4 is 15.7 Å². The monoisotopic (exact) mass is 416 g/mol. The highest BCUT2D eigenvalue weighted by atomic mass is 16.7. The lowest BCUT2D eigenvalue weighted by Crippen LogP contribution is -2.41. The summed E-state index contributed by atoms with van der Waals surface area (Å²) in [6.07, 6.45) is 1.23. The molecular formula is C22H33BN2O5. The first-order valence-electron chi connectivity index (χ1n) is 10.5. The van der Waals surface area contributed by atoms with Gasteiger partial charge in [-0.15, -0.1) is 0 Å². The van der Waals surface area contributed by atoms with Gasteiger partial charge in [-0.3, -0.25) is 4.79 Å². The molecule has 0 aliphatic carbocycles. The molecule has 0 saturated carbocycles. The Hall–Kier alpha value is -2.06. The van der Waals surface area contributed by atoms with Gasteiger partial charge in [-0.1, -0.05) is 6.07 Å². The van der Waals surface area contributed by atoms with E-state index >= 15 is 0 Å². The van der Waals surface area contributed by atoms with E-state index < -0.39 is 30.0 Å². The lowest BCUT2D eigenvalue weighted by Gasteiger charge is -2.32. The molecule has 7 nitrogen and oxygen atoms in total. The molecule has 164 valence electrons. The number of alkyl carbamates (subject to hydrolysis) is 1. The van der Waals surface area contributed by atoms with Crippen LogP contribution in [0.2, 0.25) is 0 Å². The standard InChI is InChI=1S/C22H33BN2O5/c1-20(2,3)28-19(27)24-17-10-11-25(13-17)18-9-8-16(12-15(18)14-26)23-29-21(4,5)22(6,7)30-23/h8-9,12,14,17H,10-11,13H2,1-7H3,(H,24,27)/t17-/m1/s1. The number of rotatable bonds is 4. The molecule has 0 bridgehead atoms. The third kappa shape index (κ3) is 4.81. The first-order chi connectivity index (χ1) is 13.8. The molecule has 0 spiro atoms. The molecule has 2 aliphatic rings. The Morgan fingerprint density at radius 1 is 1.23 bits per heavy atom. The minimum atomic E-state index is -0.531. The van der Waals surface area contributed by atoms with E-state index in [9.17, 15) is 9.59 Å². The van der Waals surface area contributed by atoms with Gasteiger partial charge in [0.1, 0.15) is 5.60 Å². The van der Waals surface area contributed by atoms with Crippen molar-refractivity contribution < 1.29 is 23.6 Å². The van der Waals surface area contributed by atoms with E-state index in [1.807, 2.05) is 66.7 Å². The van der Waals surface area contributed by atoms with Gasteiger partial charge in [-0.25, -0.2) is 4.79 Å². The Morgan fingerprint density at radius 2 is 1.87 bits per heavy atom. The molecule has 0 aromatic heterocycles. The van der Waals surface area contributed by atoms with Crippen molar-refractivity contribution in [3.05, 3.63) is 23.8 Å². The number of amides is 1. The number of carbonyl (C=O) groups is 2. The van der Waals surface area contributed by atoms with E-state index in [0.29, 0.717) is 12.1 Å². The number of aldehydes is 1. The predicted octanol–water partition coefficient (Wildman–Crippen LogP) is 2.90. The Kier molecular flexibility index (Phi) is 5.95. The minimum absolute atomic E-state index is 0.0258. The average molecular weight is 416 g/mol. The van der Waals surface area contributed by atoms with Crippen molar-refractivity contribution in [1.29, 1.82) is 0 Å². The van der Waals surface area contributed by atoms with Crippen molar-refractivity contribution in [2.45, 2.75) is 77.7 Å². The highest BCUT2D eigenvalue weighted by Crippen LogP contribution is 2.36. The summed E-state index contributed by atoms with van der Waals surface area (Å²) in [6, 6.07) is 5.68. The second-order valence-electron chi connectivity index (χ2n) is 10.1. The minimum Gasteiger partial charge on any atom is -0.444 e. The third-order valence-corrected chi connectivity index (χ3v) is 5.95. The molecule has 1 amide bonds. The Balaban J connectivity index is 1.69. The molecule has 2 heterocycles. The smallest absolute Gasteiger partial charge is 0.444 e. The number of benzene rings is 1. The summed E-state index contributed by atoms with van der Waals surface area (Å²) in [4.78, 5) is 26.0. The molecule has 2 aliphatic heterocycles. The van der Waals surface area contributed by atoms with Crippen LogP contribution in [0.4, 0.5) is 10.5 Å². The van der Waals surface area contributed by atoms with Gasteiger partial charge in [0.05, 0.1) is 17.2 Å². The van der Waals surface area contributed by atoms with Crippen LogP contribution in [0, 0.1) is 0 Å². The summed E-state index contributed by atoms with van der Waals surface area (Å²) in [5.41, 5.74) is 0.845. The van der Waals surface area contributed by atoms with Crippen LogP contribution in [-0.2, 0) is 14.0 Å². The normalized spacial score (nSPS) is 22.8. The van der Waals surface area contributed by atoms with Crippen molar-refractivity contribution in [3.8, 4) is 0 Å². The van der Waals surface area contributed by atoms with Crippen molar-refractivity contribution in [2.75, 3.05) is 18.0 Å². The summed E-state index contributed by atoms with van der Waals surface area (Å²) in [5, 5.41) is 2.92.